The number of hydrogen-bond acceptors (Lipinski definition) is 4. The smallest absolute Gasteiger partial charge is 0.233 e. The van der Waals surface area contributed by atoms with E-state index in [1.807, 2.05) is 37.3 Å². The van der Waals surface area contributed by atoms with Crippen molar-refractivity contribution in [2.45, 2.75) is 31.6 Å². The van der Waals surface area contributed by atoms with Gasteiger partial charge in [0.15, 0.2) is 5.78 Å². The summed E-state index contributed by atoms with van der Waals surface area (Å²) in [6.45, 7) is 1.82. The molecule has 28 heavy (non-hydrogen) atoms. The summed E-state index contributed by atoms with van der Waals surface area (Å²) in [6, 6.07) is 16.7. The highest BCUT2D eigenvalue weighted by Crippen LogP contribution is 2.49. The first-order chi connectivity index (χ1) is 13.6. The van der Waals surface area contributed by atoms with E-state index < -0.39 is 5.92 Å². The number of halogens is 1. The van der Waals surface area contributed by atoms with Crippen LogP contribution in [0.25, 0.3) is 0 Å². The monoisotopic (exact) mass is 374 g/mol. The largest absolute Gasteiger partial charge is 0.338 e. The van der Waals surface area contributed by atoms with Crippen LogP contribution >= 0.6 is 0 Å². The van der Waals surface area contributed by atoms with E-state index in [2.05, 4.69) is 10.5 Å². The van der Waals surface area contributed by atoms with E-state index in [0.717, 1.165) is 16.8 Å². The summed E-state index contributed by atoms with van der Waals surface area (Å²) in [5.41, 5.74) is 4.47. The van der Waals surface area contributed by atoms with Crippen LogP contribution in [0.1, 0.15) is 47.1 Å². The Balaban J connectivity index is 1.66. The fraction of sp³-hybridized carbons (Fsp3) is 0.217. The van der Waals surface area contributed by atoms with Gasteiger partial charge in [0.1, 0.15) is 5.82 Å². The average molecular weight is 374 g/mol. The van der Waals surface area contributed by atoms with Crippen LogP contribution in [0.15, 0.2) is 70.4 Å². The predicted octanol–water partition coefficient (Wildman–Crippen LogP) is 5.08. The van der Waals surface area contributed by atoms with Crippen molar-refractivity contribution in [2.24, 2.45) is 0 Å². The quantitative estimate of drug-likeness (QED) is 0.680. The van der Waals surface area contributed by atoms with Crippen LogP contribution in [-0.2, 0) is 4.79 Å². The molecule has 0 radical (unpaired) electrons. The van der Waals surface area contributed by atoms with Crippen LogP contribution < -0.4 is 5.32 Å². The Hall–Kier alpha value is -3.21. The molecule has 0 saturated heterocycles. The molecule has 0 saturated carbocycles. The predicted molar refractivity (Wildman–Crippen MR) is 104 cm³/mol. The Kier molecular flexibility index (Phi) is 3.90. The number of benzene rings is 2. The molecule has 2 heterocycles. The highest BCUT2D eigenvalue weighted by atomic mass is 19.1. The Morgan fingerprint density at radius 3 is 2.61 bits per heavy atom. The number of carbonyl (C=O) groups is 1. The molecule has 2 atom stereocenters. The number of allylic oxidation sites excluding steroid dienone is 2. The number of aryl methyl sites for hydroxylation is 1. The normalized spacial score (nSPS) is 21.1. The molecule has 5 rings (SSSR count). The highest BCUT2D eigenvalue weighted by Gasteiger charge is 2.41. The molecule has 0 spiro atoms. The zero-order chi connectivity index (χ0) is 19.3. The Bertz CT molecular complexity index is 1100. The molecule has 0 bridgehead atoms. The topological polar surface area (TPSA) is 55.1 Å². The zero-order valence-corrected chi connectivity index (χ0v) is 15.4. The molecule has 2 aromatic carbocycles. The molecule has 3 aromatic rings. The standard InChI is InChI=1S/C23H19FN2O2/c1-13-20-21(16-9-5-6-10-17(16)24)22-18(25-23(20)28-26-13)11-15(12-19(22)27)14-7-3-2-4-8-14/h2-10,15,21,25H,11-12H2,1H3/t15-,21+/m1/s1. The zero-order valence-electron chi connectivity index (χ0n) is 15.4. The number of ketones is 1. The van der Waals surface area contributed by atoms with Gasteiger partial charge < -0.3 is 9.84 Å². The van der Waals surface area contributed by atoms with E-state index in [0.29, 0.717) is 35.6 Å². The third kappa shape index (κ3) is 2.58. The molecule has 1 aliphatic carbocycles. The van der Waals surface area contributed by atoms with Gasteiger partial charge in [-0.3, -0.25) is 4.79 Å². The van der Waals surface area contributed by atoms with Crippen molar-refractivity contribution in [1.82, 2.24) is 5.16 Å². The number of fused-ring (bicyclic) bond motifs is 1. The average Bonchev–Trinajstić information content (AvgIpc) is 3.08. The second-order valence-electron chi connectivity index (χ2n) is 7.42. The molecular formula is C23H19FN2O2. The lowest BCUT2D eigenvalue weighted by Gasteiger charge is -2.34. The van der Waals surface area contributed by atoms with Gasteiger partial charge in [-0.15, -0.1) is 0 Å². The summed E-state index contributed by atoms with van der Waals surface area (Å²) in [4.78, 5) is 13.3. The third-order valence-corrected chi connectivity index (χ3v) is 5.75. The third-order valence-electron chi connectivity index (χ3n) is 5.75. The van der Waals surface area contributed by atoms with E-state index in [9.17, 15) is 9.18 Å². The van der Waals surface area contributed by atoms with Gasteiger partial charge in [-0.2, -0.15) is 0 Å². The van der Waals surface area contributed by atoms with Crippen molar-refractivity contribution in [1.29, 1.82) is 0 Å². The first kappa shape index (κ1) is 16.9. The SMILES string of the molecule is Cc1noc2c1[C@H](c1ccccc1F)C1=C(C[C@@H](c3ccccc3)CC1=O)N2. The number of aromatic nitrogens is 1. The van der Waals surface area contributed by atoms with Gasteiger partial charge in [-0.05, 0) is 30.9 Å². The van der Waals surface area contributed by atoms with Gasteiger partial charge in [-0.25, -0.2) is 4.39 Å². The van der Waals surface area contributed by atoms with E-state index in [-0.39, 0.29) is 17.5 Å². The highest BCUT2D eigenvalue weighted by molar-refractivity contribution is 6.01. The molecule has 0 amide bonds. The number of nitrogens with one attached hydrogen (secondary N) is 1. The van der Waals surface area contributed by atoms with E-state index in [1.165, 1.54) is 6.07 Å². The minimum absolute atomic E-state index is 0.0436. The van der Waals surface area contributed by atoms with Crippen LogP contribution in [0, 0.1) is 12.7 Å². The second-order valence-corrected chi connectivity index (χ2v) is 7.42. The molecule has 4 nitrogen and oxygen atoms in total. The first-order valence-corrected chi connectivity index (χ1v) is 9.42. The summed E-state index contributed by atoms with van der Waals surface area (Å²) in [6.07, 6.45) is 1.09. The van der Waals surface area contributed by atoms with Crippen molar-refractivity contribution < 1.29 is 13.7 Å². The van der Waals surface area contributed by atoms with Crippen molar-refractivity contribution in [3.05, 3.63) is 94.1 Å². The molecule has 0 fully saturated rings. The number of rotatable bonds is 2. The number of Topliss-reactive ketones (excluding diaryl/α,β-unsaturated/α-hetero) is 1. The molecule has 2 aliphatic rings. The lowest BCUT2D eigenvalue weighted by atomic mass is 9.72. The number of carbonyl (C=O) groups excluding carboxylic acids is 1. The van der Waals surface area contributed by atoms with Crippen LogP contribution in [0.3, 0.4) is 0 Å². The molecular weight excluding hydrogens is 355 g/mol. The van der Waals surface area contributed by atoms with Gasteiger partial charge in [0.2, 0.25) is 5.88 Å². The summed E-state index contributed by atoms with van der Waals surface area (Å²) < 4.78 is 20.2. The molecule has 0 unspecified atom stereocenters. The maximum absolute atomic E-state index is 14.7. The Labute approximate surface area is 162 Å². The van der Waals surface area contributed by atoms with Crippen LogP contribution in [-0.4, -0.2) is 10.9 Å². The van der Waals surface area contributed by atoms with E-state index in [1.54, 1.807) is 18.2 Å². The van der Waals surface area contributed by atoms with Crippen LogP contribution in [0.2, 0.25) is 0 Å². The molecule has 1 aromatic heterocycles. The Morgan fingerprint density at radius 2 is 1.82 bits per heavy atom. The first-order valence-electron chi connectivity index (χ1n) is 9.42. The minimum Gasteiger partial charge on any atom is -0.338 e. The lowest BCUT2D eigenvalue weighted by Crippen LogP contribution is -2.30. The molecule has 1 aliphatic heterocycles. The minimum atomic E-state index is -0.497. The number of anilines is 1. The number of nitrogens with zero attached hydrogens (tertiary/aromatic N) is 1. The van der Waals surface area contributed by atoms with Crippen molar-refractivity contribution >= 4 is 11.7 Å². The molecule has 140 valence electrons. The van der Waals surface area contributed by atoms with Gasteiger partial charge in [0, 0.05) is 29.2 Å². The summed E-state index contributed by atoms with van der Waals surface area (Å²) in [7, 11) is 0. The second kappa shape index (κ2) is 6.44. The van der Waals surface area contributed by atoms with Gasteiger partial charge >= 0.3 is 0 Å². The van der Waals surface area contributed by atoms with E-state index in [4.69, 9.17) is 4.52 Å². The summed E-state index contributed by atoms with van der Waals surface area (Å²) in [5.74, 6) is -0.186. The van der Waals surface area contributed by atoms with Crippen molar-refractivity contribution in [3.63, 3.8) is 0 Å². The van der Waals surface area contributed by atoms with Gasteiger partial charge in [0.25, 0.3) is 0 Å². The fourth-order valence-corrected chi connectivity index (χ4v) is 4.45. The number of hydrogen-bond donors (Lipinski definition) is 1. The van der Waals surface area contributed by atoms with E-state index >= 15 is 0 Å². The summed E-state index contributed by atoms with van der Waals surface area (Å²) in [5, 5.41) is 7.34. The van der Waals surface area contributed by atoms with Gasteiger partial charge in [0.05, 0.1) is 11.3 Å². The molecule has 5 heteroatoms. The van der Waals surface area contributed by atoms with Crippen molar-refractivity contribution in [2.75, 3.05) is 5.32 Å². The maximum Gasteiger partial charge on any atom is 0.233 e. The van der Waals surface area contributed by atoms with Crippen LogP contribution in [0.4, 0.5) is 10.3 Å². The summed E-state index contributed by atoms with van der Waals surface area (Å²) >= 11 is 0. The van der Waals surface area contributed by atoms with Gasteiger partial charge in [-0.1, -0.05) is 53.7 Å². The van der Waals surface area contributed by atoms with Crippen molar-refractivity contribution in [3.8, 4) is 0 Å². The van der Waals surface area contributed by atoms with Crippen LogP contribution in [0.5, 0.6) is 0 Å². The molecule has 1 N–H and O–H groups in total. The lowest BCUT2D eigenvalue weighted by molar-refractivity contribution is -0.116. The fourth-order valence-electron chi connectivity index (χ4n) is 4.45. The Morgan fingerprint density at radius 1 is 1.07 bits per heavy atom. The maximum atomic E-state index is 14.7.